The summed E-state index contributed by atoms with van der Waals surface area (Å²) in [6.45, 7) is 3.72. The molecule has 12 heavy (non-hydrogen) atoms. The zero-order valence-electron chi connectivity index (χ0n) is 7.36. The van der Waals surface area contributed by atoms with Gasteiger partial charge in [0.1, 0.15) is 0 Å². The lowest BCUT2D eigenvalue weighted by atomic mass is 10.2. The van der Waals surface area contributed by atoms with Crippen molar-refractivity contribution in [2.24, 2.45) is 10.2 Å². The number of hydrogen-bond acceptors (Lipinski definition) is 4. The molecule has 0 aliphatic carbocycles. The van der Waals surface area contributed by atoms with Crippen molar-refractivity contribution in [2.75, 3.05) is 0 Å². The van der Waals surface area contributed by atoms with E-state index in [1.54, 1.807) is 0 Å². The van der Waals surface area contributed by atoms with E-state index in [9.17, 15) is 0 Å². The molecular weight excluding hydrogens is 152 g/mol. The first-order valence-electron chi connectivity index (χ1n) is 3.97. The normalized spacial score (nSPS) is 15.0. The average molecular weight is 164 g/mol. The van der Waals surface area contributed by atoms with Gasteiger partial charge in [0.15, 0.2) is 12.1 Å². The fourth-order valence-electron chi connectivity index (χ4n) is 0.558. The Hall–Kier alpha value is -1.42. The second-order valence-electron chi connectivity index (χ2n) is 2.34. The molecule has 0 radical (unpaired) electrons. The Morgan fingerprint density at radius 1 is 1.00 bits per heavy atom. The zero-order chi connectivity index (χ0) is 9.40. The maximum Gasteiger partial charge on any atom is 0.157 e. The van der Waals surface area contributed by atoms with Crippen molar-refractivity contribution in [1.82, 2.24) is 0 Å². The Morgan fingerprint density at radius 3 is 1.50 bits per heavy atom. The van der Waals surface area contributed by atoms with Crippen molar-refractivity contribution >= 4 is 0 Å². The summed E-state index contributed by atoms with van der Waals surface area (Å²) in [6, 6.07) is 3.18. The minimum absolute atomic E-state index is 0.396. The predicted molar refractivity (Wildman–Crippen MR) is 44.2 cm³/mol. The fourth-order valence-corrected chi connectivity index (χ4v) is 0.558. The number of nitrogens with zero attached hydrogens (tertiary/aromatic N) is 4. The van der Waals surface area contributed by atoms with Crippen LogP contribution in [0, 0.1) is 22.7 Å². The summed E-state index contributed by atoms with van der Waals surface area (Å²) < 4.78 is 0. The van der Waals surface area contributed by atoms with Crippen LogP contribution in [0.1, 0.15) is 26.7 Å². The molecule has 0 spiro atoms. The largest absolute Gasteiger partial charge is 0.196 e. The summed E-state index contributed by atoms with van der Waals surface area (Å²) in [5.41, 5.74) is 0. The van der Waals surface area contributed by atoms with Crippen LogP contribution in [0.25, 0.3) is 0 Å². The Morgan fingerprint density at radius 2 is 1.33 bits per heavy atom. The first-order valence-corrected chi connectivity index (χ1v) is 3.97. The summed E-state index contributed by atoms with van der Waals surface area (Å²) in [5, 5.41) is 24.5. The minimum atomic E-state index is -0.396. The topological polar surface area (TPSA) is 72.3 Å². The molecule has 0 saturated carbocycles. The smallest absolute Gasteiger partial charge is 0.157 e. The van der Waals surface area contributed by atoms with E-state index in [-0.39, 0.29) is 0 Å². The van der Waals surface area contributed by atoms with Crippen LogP contribution in [-0.2, 0) is 0 Å². The first-order chi connectivity index (χ1) is 5.78. The highest BCUT2D eigenvalue weighted by Gasteiger charge is 2.03. The molecule has 0 bridgehead atoms. The van der Waals surface area contributed by atoms with E-state index >= 15 is 0 Å². The van der Waals surface area contributed by atoms with Gasteiger partial charge in [-0.15, -0.1) is 0 Å². The van der Waals surface area contributed by atoms with Gasteiger partial charge in [-0.25, -0.2) is 0 Å². The second kappa shape index (κ2) is 6.30. The highest BCUT2D eigenvalue weighted by Crippen LogP contribution is 2.01. The average Bonchev–Trinajstić information content (AvgIpc) is 2.13. The third-order valence-corrected chi connectivity index (χ3v) is 1.42. The monoisotopic (exact) mass is 164 g/mol. The quantitative estimate of drug-likeness (QED) is 0.596. The van der Waals surface area contributed by atoms with Gasteiger partial charge in [-0.05, 0) is 12.8 Å². The van der Waals surface area contributed by atoms with E-state index < -0.39 is 12.1 Å². The summed E-state index contributed by atoms with van der Waals surface area (Å²) in [4.78, 5) is 0. The molecule has 4 heteroatoms. The maximum absolute atomic E-state index is 8.50. The van der Waals surface area contributed by atoms with Crippen molar-refractivity contribution in [3.05, 3.63) is 0 Å². The number of nitriles is 2. The molecule has 0 aromatic rings. The Balaban J connectivity index is 4.05. The van der Waals surface area contributed by atoms with E-state index in [1.165, 1.54) is 0 Å². The third-order valence-electron chi connectivity index (χ3n) is 1.42. The van der Waals surface area contributed by atoms with Crippen molar-refractivity contribution < 1.29 is 0 Å². The molecule has 64 valence electrons. The van der Waals surface area contributed by atoms with Gasteiger partial charge in [0.2, 0.25) is 0 Å². The van der Waals surface area contributed by atoms with Gasteiger partial charge in [-0.1, -0.05) is 13.8 Å². The van der Waals surface area contributed by atoms with E-state index in [0.29, 0.717) is 12.8 Å². The van der Waals surface area contributed by atoms with Gasteiger partial charge < -0.3 is 0 Å². The van der Waals surface area contributed by atoms with Gasteiger partial charge in [0, 0.05) is 0 Å². The fraction of sp³-hybridized carbons (Fsp3) is 0.750. The van der Waals surface area contributed by atoms with Crippen LogP contribution in [0.15, 0.2) is 10.2 Å². The van der Waals surface area contributed by atoms with Crippen LogP contribution in [0.5, 0.6) is 0 Å². The van der Waals surface area contributed by atoms with E-state index in [1.807, 2.05) is 26.0 Å². The molecule has 0 rings (SSSR count). The molecule has 0 N–H and O–H groups in total. The summed E-state index contributed by atoms with van der Waals surface area (Å²) in [7, 11) is 0. The van der Waals surface area contributed by atoms with Crippen LogP contribution >= 0.6 is 0 Å². The maximum atomic E-state index is 8.50. The van der Waals surface area contributed by atoms with Gasteiger partial charge >= 0.3 is 0 Å². The Kier molecular flexibility index (Phi) is 5.55. The van der Waals surface area contributed by atoms with Gasteiger partial charge in [0.05, 0.1) is 12.1 Å². The van der Waals surface area contributed by atoms with Crippen LogP contribution in [0.4, 0.5) is 0 Å². The lowest BCUT2D eigenvalue weighted by molar-refractivity contribution is 0.667. The van der Waals surface area contributed by atoms with Crippen molar-refractivity contribution in [3.63, 3.8) is 0 Å². The van der Waals surface area contributed by atoms with Gasteiger partial charge in [-0.3, -0.25) is 0 Å². The van der Waals surface area contributed by atoms with Crippen LogP contribution in [0.3, 0.4) is 0 Å². The third kappa shape index (κ3) is 3.68. The van der Waals surface area contributed by atoms with Crippen LogP contribution < -0.4 is 0 Å². The van der Waals surface area contributed by atoms with Crippen molar-refractivity contribution in [1.29, 1.82) is 10.5 Å². The summed E-state index contributed by atoms with van der Waals surface area (Å²) in [5.74, 6) is 0. The van der Waals surface area contributed by atoms with Gasteiger partial charge in [0.25, 0.3) is 0 Å². The standard InChI is InChI=1S/C8H12N4/c1-3-7(5-9)11-12-8(4-2)6-10/h7-8H,3-4H2,1-2H3/b12-11+. The molecule has 0 amide bonds. The molecule has 0 saturated heterocycles. The molecule has 0 aliphatic rings. The predicted octanol–water partition coefficient (Wildman–Crippen LogP) is 2.04. The lowest BCUT2D eigenvalue weighted by Crippen LogP contribution is -2.01. The van der Waals surface area contributed by atoms with E-state index in [2.05, 4.69) is 10.2 Å². The molecule has 0 aromatic carbocycles. The number of hydrogen-bond donors (Lipinski definition) is 0. The Bertz CT molecular complexity index is 196. The van der Waals surface area contributed by atoms with Crippen LogP contribution in [-0.4, -0.2) is 12.1 Å². The summed E-state index contributed by atoms with van der Waals surface area (Å²) >= 11 is 0. The molecule has 2 atom stereocenters. The number of rotatable bonds is 4. The zero-order valence-corrected chi connectivity index (χ0v) is 7.36. The molecule has 0 aromatic heterocycles. The molecule has 2 unspecified atom stereocenters. The molecule has 4 nitrogen and oxygen atoms in total. The SMILES string of the molecule is CCC(C#N)/N=N/C(C#N)CC. The van der Waals surface area contributed by atoms with Crippen molar-refractivity contribution in [3.8, 4) is 12.1 Å². The first kappa shape index (κ1) is 10.6. The van der Waals surface area contributed by atoms with Crippen LogP contribution in [0.2, 0.25) is 0 Å². The molecular formula is C8H12N4. The van der Waals surface area contributed by atoms with E-state index in [0.717, 1.165) is 0 Å². The molecule has 0 heterocycles. The lowest BCUT2D eigenvalue weighted by Gasteiger charge is -1.98. The molecule has 0 aliphatic heterocycles. The minimum Gasteiger partial charge on any atom is -0.196 e. The Labute approximate surface area is 72.5 Å². The van der Waals surface area contributed by atoms with Crippen molar-refractivity contribution in [2.45, 2.75) is 38.8 Å². The summed E-state index contributed by atoms with van der Waals surface area (Å²) in [6.07, 6.45) is 1.28. The molecule has 0 fully saturated rings. The highest BCUT2D eigenvalue weighted by atomic mass is 15.1. The number of azo groups is 1. The second-order valence-corrected chi connectivity index (χ2v) is 2.34. The highest BCUT2D eigenvalue weighted by molar-refractivity contribution is 4.91. The van der Waals surface area contributed by atoms with E-state index in [4.69, 9.17) is 10.5 Å². The van der Waals surface area contributed by atoms with Gasteiger partial charge in [-0.2, -0.15) is 20.8 Å².